The number of aromatic nitrogens is 4. The molecular weight excluding hydrogens is 495 g/mol. The predicted molar refractivity (Wildman–Crippen MR) is 150 cm³/mol. The van der Waals surface area contributed by atoms with Crippen molar-refractivity contribution in [3.05, 3.63) is 78.0 Å². The summed E-state index contributed by atoms with van der Waals surface area (Å²) in [5, 5.41) is 3.04. The summed E-state index contributed by atoms with van der Waals surface area (Å²) in [7, 11) is 5.24. The lowest BCUT2D eigenvalue weighted by Gasteiger charge is -2.27. The van der Waals surface area contributed by atoms with Gasteiger partial charge in [0.25, 0.3) is 0 Å². The summed E-state index contributed by atoms with van der Waals surface area (Å²) in [6.45, 7) is 3.27. The largest absolute Gasteiger partial charge is 0.497 e. The second kappa shape index (κ2) is 12.4. The third kappa shape index (κ3) is 6.10. The van der Waals surface area contributed by atoms with Crippen LogP contribution < -0.4 is 10.1 Å². The maximum Gasteiger partial charge on any atom is 0.222 e. The number of methoxy groups -OCH3 is 2. The van der Waals surface area contributed by atoms with Crippen LogP contribution in [0.5, 0.6) is 5.75 Å². The van der Waals surface area contributed by atoms with Crippen molar-refractivity contribution in [3.8, 4) is 28.4 Å². The van der Waals surface area contributed by atoms with E-state index in [0.29, 0.717) is 12.6 Å². The Hall–Kier alpha value is -3.82. The van der Waals surface area contributed by atoms with Gasteiger partial charge < -0.3 is 19.4 Å². The van der Waals surface area contributed by atoms with E-state index in [-0.39, 0.29) is 11.9 Å². The number of imidazole rings is 1. The van der Waals surface area contributed by atoms with Crippen molar-refractivity contribution in [2.45, 2.75) is 31.8 Å². The summed E-state index contributed by atoms with van der Waals surface area (Å²) in [6.07, 6.45) is 4.55. The molecule has 2 aromatic carbocycles. The summed E-state index contributed by atoms with van der Waals surface area (Å²) in [6, 6.07) is 16.9. The summed E-state index contributed by atoms with van der Waals surface area (Å²) in [5.74, 6) is 2.16. The topological polar surface area (TPSA) is 77.3 Å². The van der Waals surface area contributed by atoms with E-state index in [9.17, 15) is 4.39 Å². The van der Waals surface area contributed by atoms with Crippen LogP contribution in [-0.4, -0.2) is 65.4 Å². The first-order chi connectivity index (χ1) is 19.1. The van der Waals surface area contributed by atoms with Crippen LogP contribution in [-0.2, 0) is 17.7 Å². The Morgan fingerprint density at radius 2 is 1.95 bits per heavy atom. The Bertz CT molecular complexity index is 1390. The molecule has 5 rings (SSSR count). The van der Waals surface area contributed by atoms with Crippen molar-refractivity contribution in [1.82, 2.24) is 24.4 Å². The Morgan fingerprint density at radius 3 is 2.72 bits per heavy atom. The van der Waals surface area contributed by atoms with Crippen LogP contribution in [0.3, 0.4) is 0 Å². The molecule has 1 aliphatic rings. The number of halogens is 1. The van der Waals surface area contributed by atoms with E-state index in [0.717, 1.165) is 73.1 Å². The third-order valence-electron chi connectivity index (χ3n) is 7.12. The van der Waals surface area contributed by atoms with Crippen LogP contribution in [0.25, 0.3) is 22.6 Å². The number of rotatable bonds is 12. The van der Waals surface area contributed by atoms with E-state index in [4.69, 9.17) is 19.4 Å². The van der Waals surface area contributed by atoms with E-state index in [1.54, 1.807) is 39.6 Å². The third-order valence-corrected chi connectivity index (χ3v) is 7.12. The molecule has 1 N–H and O–H groups in total. The van der Waals surface area contributed by atoms with Crippen LogP contribution in [0.4, 0.5) is 10.3 Å². The number of benzene rings is 2. The van der Waals surface area contributed by atoms with Gasteiger partial charge in [0.05, 0.1) is 24.2 Å². The number of ether oxygens (including phenoxy) is 2. The molecule has 0 saturated heterocycles. The molecule has 0 aliphatic carbocycles. The monoisotopic (exact) mass is 530 g/mol. The minimum absolute atomic E-state index is 0.206. The summed E-state index contributed by atoms with van der Waals surface area (Å²) < 4.78 is 26.9. The smallest absolute Gasteiger partial charge is 0.222 e. The van der Waals surface area contributed by atoms with Crippen molar-refractivity contribution in [2.24, 2.45) is 0 Å². The van der Waals surface area contributed by atoms with Gasteiger partial charge in [0.2, 0.25) is 5.95 Å². The molecule has 204 valence electrons. The van der Waals surface area contributed by atoms with E-state index < -0.39 is 0 Å². The van der Waals surface area contributed by atoms with Gasteiger partial charge >= 0.3 is 0 Å². The Balaban J connectivity index is 1.51. The van der Waals surface area contributed by atoms with Crippen LogP contribution in [0.2, 0.25) is 0 Å². The second-order valence-electron chi connectivity index (χ2n) is 9.74. The molecule has 0 spiro atoms. The molecule has 4 aromatic rings. The summed E-state index contributed by atoms with van der Waals surface area (Å²) in [4.78, 5) is 16.6. The first-order valence-corrected chi connectivity index (χ1v) is 13.3. The van der Waals surface area contributed by atoms with Gasteiger partial charge in [-0.15, -0.1) is 0 Å². The van der Waals surface area contributed by atoms with Gasteiger partial charge in [-0.1, -0.05) is 12.1 Å². The fraction of sp³-hybridized carbons (Fsp3) is 0.367. The average molecular weight is 531 g/mol. The molecule has 1 aliphatic heterocycles. The van der Waals surface area contributed by atoms with Crippen molar-refractivity contribution < 1.29 is 13.9 Å². The van der Waals surface area contributed by atoms with E-state index >= 15 is 0 Å². The molecule has 8 nitrogen and oxygen atoms in total. The molecule has 0 unspecified atom stereocenters. The fourth-order valence-electron chi connectivity index (χ4n) is 5.31. The molecule has 3 heterocycles. The minimum Gasteiger partial charge on any atom is -0.497 e. The van der Waals surface area contributed by atoms with Crippen molar-refractivity contribution in [2.75, 3.05) is 46.3 Å². The average Bonchev–Trinajstić information content (AvgIpc) is 3.53. The quantitative estimate of drug-likeness (QED) is 0.252. The van der Waals surface area contributed by atoms with Gasteiger partial charge in [-0.25, -0.2) is 19.3 Å². The zero-order valence-corrected chi connectivity index (χ0v) is 22.7. The van der Waals surface area contributed by atoms with Crippen molar-refractivity contribution in [3.63, 3.8) is 0 Å². The second-order valence-corrected chi connectivity index (χ2v) is 9.74. The van der Waals surface area contributed by atoms with Crippen LogP contribution in [0.1, 0.15) is 30.3 Å². The van der Waals surface area contributed by atoms with E-state index in [1.165, 1.54) is 17.7 Å². The number of hydrogen-bond donors (Lipinski definition) is 1. The molecule has 0 saturated carbocycles. The number of nitrogens with zero attached hydrogens (tertiary/aromatic N) is 5. The Morgan fingerprint density at radius 1 is 1.10 bits per heavy atom. The van der Waals surface area contributed by atoms with Crippen LogP contribution >= 0.6 is 0 Å². The highest BCUT2D eigenvalue weighted by atomic mass is 19.1. The van der Waals surface area contributed by atoms with Gasteiger partial charge in [-0.3, -0.25) is 4.90 Å². The fourth-order valence-corrected chi connectivity index (χ4v) is 5.31. The zero-order chi connectivity index (χ0) is 27.2. The van der Waals surface area contributed by atoms with Gasteiger partial charge in [0.1, 0.15) is 17.4 Å². The van der Waals surface area contributed by atoms with Gasteiger partial charge in [-0.05, 0) is 60.9 Å². The predicted octanol–water partition coefficient (Wildman–Crippen LogP) is 5.22. The highest BCUT2D eigenvalue weighted by molar-refractivity contribution is 5.78. The first kappa shape index (κ1) is 26.8. The highest BCUT2D eigenvalue weighted by Gasteiger charge is 2.32. The van der Waals surface area contributed by atoms with Crippen LogP contribution in [0, 0.1) is 5.82 Å². The number of aryl methyl sites for hydroxylation is 1. The van der Waals surface area contributed by atoms with E-state index in [1.807, 2.05) is 18.2 Å². The number of nitrogens with one attached hydrogen (secondary N) is 1. The standard InChI is InChI=1S/C30H35FN6O2/c1-32-30-33-15-14-26(34-30)29-28(22-8-10-23(31)11-9-22)35-27-13-12-24(37(27)29)20-36(16-5-17-38-2)19-21-6-4-7-25(18-21)39-3/h4,6-11,14-15,18,24H,5,12-13,16-17,19-20H2,1-3H3,(H,32,33,34)/t24-/m0/s1. The zero-order valence-electron chi connectivity index (χ0n) is 22.7. The van der Waals surface area contributed by atoms with Crippen LogP contribution in [0.15, 0.2) is 60.8 Å². The van der Waals surface area contributed by atoms with Gasteiger partial charge in [0, 0.05) is 64.6 Å². The Kier molecular flexibility index (Phi) is 8.48. The number of hydrogen-bond acceptors (Lipinski definition) is 7. The summed E-state index contributed by atoms with van der Waals surface area (Å²) in [5.41, 5.74) is 4.62. The molecule has 9 heteroatoms. The lowest BCUT2D eigenvalue weighted by Crippen LogP contribution is -2.31. The maximum absolute atomic E-state index is 13.8. The normalized spacial score (nSPS) is 14.5. The minimum atomic E-state index is -0.270. The SMILES string of the molecule is CNc1nccc(-c2c(-c3ccc(F)cc3)nc3n2[C@H](CN(CCCOC)Cc2cccc(OC)c2)CC3)n1. The first-order valence-electron chi connectivity index (χ1n) is 13.3. The summed E-state index contributed by atoms with van der Waals surface area (Å²) >= 11 is 0. The molecule has 0 amide bonds. The maximum atomic E-state index is 13.8. The molecule has 2 aromatic heterocycles. The molecule has 0 fully saturated rings. The molecule has 0 radical (unpaired) electrons. The lowest BCUT2D eigenvalue weighted by molar-refractivity contribution is 0.161. The van der Waals surface area contributed by atoms with Gasteiger partial charge in [0.15, 0.2) is 0 Å². The Labute approximate surface area is 228 Å². The lowest BCUT2D eigenvalue weighted by atomic mass is 10.1. The molecule has 39 heavy (non-hydrogen) atoms. The number of anilines is 1. The van der Waals surface area contributed by atoms with Crippen molar-refractivity contribution in [1.29, 1.82) is 0 Å². The van der Waals surface area contributed by atoms with E-state index in [2.05, 4.69) is 31.9 Å². The molecule has 0 bridgehead atoms. The highest BCUT2D eigenvalue weighted by Crippen LogP contribution is 2.39. The number of fused-ring (bicyclic) bond motifs is 1. The van der Waals surface area contributed by atoms with Gasteiger partial charge in [-0.2, -0.15) is 0 Å². The molecule has 1 atom stereocenters. The molecular formula is C30H35FN6O2. The van der Waals surface area contributed by atoms with Crippen molar-refractivity contribution >= 4 is 5.95 Å².